The summed E-state index contributed by atoms with van der Waals surface area (Å²) in [5.74, 6) is 0.508. The number of nitrogens with zero attached hydrogens (tertiary/aromatic N) is 2. The molecule has 0 aliphatic carbocycles. The first-order valence-electron chi connectivity index (χ1n) is 12.8. The van der Waals surface area contributed by atoms with Gasteiger partial charge in [0.15, 0.2) is 16.3 Å². The van der Waals surface area contributed by atoms with Crippen molar-refractivity contribution in [2.75, 3.05) is 14.2 Å². The minimum atomic E-state index is -0.654. The minimum Gasteiger partial charge on any atom is -0.493 e. The molecule has 0 spiro atoms. The van der Waals surface area contributed by atoms with Gasteiger partial charge >= 0.3 is 5.97 Å². The van der Waals surface area contributed by atoms with Crippen LogP contribution < -0.4 is 24.4 Å². The second-order valence-electron chi connectivity index (χ2n) is 9.11. The quantitative estimate of drug-likeness (QED) is 0.225. The minimum absolute atomic E-state index is 0.256. The van der Waals surface area contributed by atoms with Gasteiger partial charge in [-0.2, -0.15) is 0 Å². The van der Waals surface area contributed by atoms with E-state index in [9.17, 15) is 9.59 Å². The highest BCUT2D eigenvalue weighted by Crippen LogP contribution is 2.38. The van der Waals surface area contributed by atoms with Crippen molar-refractivity contribution in [1.82, 2.24) is 4.57 Å². The highest BCUT2D eigenvalue weighted by Gasteiger charge is 2.33. The number of methoxy groups -OCH3 is 2. The summed E-state index contributed by atoms with van der Waals surface area (Å²) in [7, 11) is 2.89. The number of benzene rings is 3. The Labute approximate surface area is 254 Å². The van der Waals surface area contributed by atoms with E-state index < -0.39 is 12.0 Å². The van der Waals surface area contributed by atoms with Crippen molar-refractivity contribution < 1.29 is 19.0 Å². The van der Waals surface area contributed by atoms with Crippen LogP contribution in [0.25, 0.3) is 6.08 Å². The lowest BCUT2D eigenvalue weighted by Gasteiger charge is -2.25. The number of esters is 1. The van der Waals surface area contributed by atoms with Crippen molar-refractivity contribution in [2.45, 2.75) is 26.0 Å². The Morgan fingerprint density at radius 3 is 2.54 bits per heavy atom. The SMILES string of the molecule is CCC1=C(C(=O)OC)[C@H](c2ccccc2)n2c(s/c(=C/c3cc(Br)c(OCc4ccccc4Cl)c(OC)c3)c2=O)=N1. The molecule has 1 aromatic heterocycles. The molecule has 1 atom stereocenters. The van der Waals surface area contributed by atoms with E-state index >= 15 is 0 Å². The highest BCUT2D eigenvalue weighted by atomic mass is 79.9. The summed E-state index contributed by atoms with van der Waals surface area (Å²) in [6.07, 6.45) is 2.29. The van der Waals surface area contributed by atoms with Gasteiger partial charge in [-0.05, 0) is 57.8 Å². The van der Waals surface area contributed by atoms with Gasteiger partial charge < -0.3 is 14.2 Å². The fraction of sp³-hybridized carbons (Fsp3) is 0.194. The Bertz CT molecular complexity index is 1830. The molecular weight excluding hydrogens is 628 g/mol. The van der Waals surface area contributed by atoms with Gasteiger partial charge in [0.1, 0.15) is 6.61 Å². The van der Waals surface area contributed by atoms with Crippen LogP contribution in [0.3, 0.4) is 0 Å². The smallest absolute Gasteiger partial charge is 0.338 e. The fourth-order valence-corrected chi connectivity index (χ4v) is 6.48. The molecule has 0 unspecified atom stereocenters. The Morgan fingerprint density at radius 1 is 1.12 bits per heavy atom. The molecule has 0 amide bonds. The topological polar surface area (TPSA) is 79.1 Å². The Kier molecular flexibility index (Phi) is 8.77. The van der Waals surface area contributed by atoms with E-state index in [0.717, 1.165) is 16.7 Å². The van der Waals surface area contributed by atoms with Gasteiger partial charge in [0, 0.05) is 10.6 Å². The Hall–Kier alpha value is -3.66. The van der Waals surface area contributed by atoms with E-state index in [0.29, 0.717) is 48.0 Å². The predicted octanol–water partition coefficient (Wildman–Crippen LogP) is 5.80. The van der Waals surface area contributed by atoms with Gasteiger partial charge in [0.05, 0.1) is 40.5 Å². The summed E-state index contributed by atoms with van der Waals surface area (Å²) in [5.41, 5.74) is 3.08. The number of rotatable bonds is 8. The molecular formula is C31H26BrClN2O5S. The van der Waals surface area contributed by atoms with Crippen LogP contribution in [0, 0.1) is 0 Å². The van der Waals surface area contributed by atoms with E-state index in [-0.39, 0.29) is 12.2 Å². The van der Waals surface area contributed by atoms with Crippen molar-refractivity contribution in [2.24, 2.45) is 4.99 Å². The van der Waals surface area contributed by atoms with Crippen LogP contribution in [0.15, 0.2) is 92.3 Å². The molecule has 0 saturated heterocycles. The average Bonchev–Trinajstić information content (AvgIpc) is 3.30. The maximum atomic E-state index is 13.9. The van der Waals surface area contributed by atoms with Gasteiger partial charge in [-0.15, -0.1) is 0 Å². The first-order chi connectivity index (χ1) is 19.9. The lowest BCUT2D eigenvalue weighted by atomic mass is 9.95. The monoisotopic (exact) mass is 652 g/mol. The molecule has 2 heterocycles. The van der Waals surface area contributed by atoms with Crippen molar-refractivity contribution in [3.63, 3.8) is 0 Å². The predicted molar refractivity (Wildman–Crippen MR) is 163 cm³/mol. The summed E-state index contributed by atoms with van der Waals surface area (Å²) in [6.45, 7) is 2.19. The molecule has 210 valence electrons. The third kappa shape index (κ3) is 5.75. The molecule has 1 aliphatic heterocycles. The van der Waals surface area contributed by atoms with Crippen LogP contribution in [-0.4, -0.2) is 24.8 Å². The van der Waals surface area contributed by atoms with Gasteiger partial charge in [-0.1, -0.05) is 78.4 Å². The first-order valence-corrected chi connectivity index (χ1v) is 14.8. The maximum absolute atomic E-state index is 13.9. The van der Waals surface area contributed by atoms with E-state index in [2.05, 4.69) is 15.9 Å². The molecule has 0 saturated carbocycles. The van der Waals surface area contributed by atoms with E-state index in [4.69, 9.17) is 30.8 Å². The number of aromatic nitrogens is 1. The summed E-state index contributed by atoms with van der Waals surface area (Å²) < 4.78 is 19.5. The highest BCUT2D eigenvalue weighted by molar-refractivity contribution is 9.10. The van der Waals surface area contributed by atoms with Gasteiger partial charge in [-0.25, -0.2) is 9.79 Å². The largest absolute Gasteiger partial charge is 0.493 e. The second kappa shape index (κ2) is 12.5. The normalized spacial score (nSPS) is 14.9. The number of ether oxygens (including phenoxy) is 3. The standard InChI is InChI=1S/C31H26BrClN2O5S/c1-4-23-26(30(37)39-3)27(19-10-6-5-7-11-19)35-29(36)25(41-31(35)34-23)16-18-14-21(32)28(24(15-18)38-2)40-17-20-12-8-9-13-22(20)33/h5-16,27H,4,17H2,1-3H3/b25-16+/t27-/m0/s1. The van der Waals surface area contributed by atoms with Crippen LogP contribution in [0.1, 0.15) is 36.1 Å². The molecule has 10 heteroatoms. The number of hydrogen-bond acceptors (Lipinski definition) is 7. The van der Waals surface area contributed by atoms with E-state index in [1.54, 1.807) is 23.8 Å². The molecule has 0 radical (unpaired) electrons. The molecule has 1 aliphatic rings. The fourth-order valence-electron chi connectivity index (χ4n) is 4.69. The third-order valence-electron chi connectivity index (χ3n) is 6.64. The number of halogens is 2. The van der Waals surface area contributed by atoms with Crippen LogP contribution in [0.5, 0.6) is 11.5 Å². The van der Waals surface area contributed by atoms with Gasteiger partial charge in [0.2, 0.25) is 0 Å². The van der Waals surface area contributed by atoms with Crippen molar-refractivity contribution >= 4 is 50.9 Å². The van der Waals surface area contributed by atoms with Crippen LogP contribution >= 0.6 is 38.9 Å². The van der Waals surface area contributed by atoms with Crippen molar-refractivity contribution in [3.05, 3.63) is 124 Å². The van der Waals surface area contributed by atoms with Crippen LogP contribution in [-0.2, 0) is 16.1 Å². The zero-order valence-electron chi connectivity index (χ0n) is 22.5. The number of thiazole rings is 1. The van der Waals surface area contributed by atoms with Gasteiger partial charge in [-0.3, -0.25) is 9.36 Å². The molecule has 0 N–H and O–H groups in total. The molecule has 5 rings (SSSR count). The average molecular weight is 654 g/mol. The number of hydrogen-bond donors (Lipinski definition) is 0. The molecule has 7 nitrogen and oxygen atoms in total. The molecule has 41 heavy (non-hydrogen) atoms. The number of allylic oxidation sites excluding steroid dienone is 1. The lowest BCUT2D eigenvalue weighted by Crippen LogP contribution is -2.40. The number of fused-ring (bicyclic) bond motifs is 1. The molecule has 3 aromatic carbocycles. The summed E-state index contributed by atoms with van der Waals surface area (Å²) in [5, 5.41) is 0.616. The summed E-state index contributed by atoms with van der Waals surface area (Å²) >= 11 is 11.1. The van der Waals surface area contributed by atoms with Crippen LogP contribution in [0.2, 0.25) is 5.02 Å². The van der Waals surface area contributed by atoms with E-state index in [1.165, 1.54) is 18.4 Å². The summed E-state index contributed by atoms with van der Waals surface area (Å²) in [6, 6.07) is 19.9. The van der Waals surface area contributed by atoms with Crippen molar-refractivity contribution in [3.8, 4) is 11.5 Å². The van der Waals surface area contributed by atoms with E-state index in [1.807, 2.05) is 67.6 Å². The molecule has 0 fully saturated rings. The Balaban J connectivity index is 1.59. The maximum Gasteiger partial charge on any atom is 0.338 e. The molecule has 0 bridgehead atoms. The number of carbonyl (C=O) groups is 1. The first kappa shape index (κ1) is 28.9. The van der Waals surface area contributed by atoms with Crippen molar-refractivity contribution in [1.29, 1.82) is 0 Å². The summed E-state index contributed by atoms with van der Waals surface area (Å²) in [4.78, 5) is 32.1. The zero-order chi connectivity index (χ0) is 29.1. The van der Waals surface area contributed by atoms with Gasteiger partial charge in [0.25, 0.3) is 5.56 Å². The second-order valence-corrected chi connectivity index (χ2v) is 11.4. The molecule has 4 aromatic rings. The zero-order valence-corrected chi connectivity index (χ0v) is 25.7. The number of carbonyl (C=O) groups excluding carboxylic acids is 1. The lowest BCUT2D eigenvalue weighted by molar-refractivity contribution is -0.136. The van der Waals surface area contributed by atoms with Crippen LogP contribution in [0.4, 0.5) is 0 Å². The third-order valence-corrected chi connectivity index (χ3v) is 8.59. The Morgan fingerprint density at radius 2 is 1.85 bits per heavy atom.